The first-order valence-electron chi connectivity index (χ1n) is 6.63. The molecule has 21 heavy (non-hydrogen) atoms. The van der Waals surface area contributed by atoms with Gasteiger partial charge in [0.1, 0.15) is 11.6 Å². The molecule has 3 rings (SSSR count). The predicted molar refractivity (Wildman–Crippen MR) is 71.9 cm³/mol. The number of halogens is 3. The zero-order valence-corrected chi connectivity index (χ0v) is 12.0. The molecule has 2 fully saturated rings. The third-order valence-electron chi connectivity index (χ3n) is 2.97. The maximum absolute atomic E-state index is 13.1. The molecule has 0 unspecified atom stereocenters. The van der Waals surface area contributed by atoms with Crippen molar-refractivity contribution in [3.05, 3.63) is 22.7 Å². The normalized spacial score (nSPS) is 16.8. The lowest BCUT2D eigenvalue weighted by molar-refractivity contribution is -0.384. The summed E-state index contributed by atoms with van der Waals surface area (Å²) in [5, 5.41) is 15.0. The number of carbonyl (C=O) groups excluding carboxylic acids is 1. The minimum absolute atomic E-state index is 0.0993. The van der Waals surface area contributed by atoms with Crippen LogP contribution in [0.5, 0.6) is 5.75 Å². The molecule has 2 saturated carbocycles. The molecule has 5 N–H and O–H groups in total. The topological polar surface area (TPSA) is 91.8 Å². The molecule has 5 nitrogen and oxygen atoms in total. The highest BCUT2D eigenvalue weighted by molar-refractivity contribution is 6.34. The lowest BCUT2D eigenvalue weighted by Crippen LogP contribution is -2.52. The van der Waals surface area contributed by atoms with Crippen LogP contribution in [0, 0.1) is 11.6 Å². The summed E-state index contributed by atoms with van der Waals surface area (Å²) in [5.41, 5.74) is 3.49. The van der Waals surface area contributed by atoms with Crippen LogP contribution in [0.15, 0.2) is 6.07 Å². The van der Waals surface area contributed by atoms with E-state index in [0.29, 0.717) is 6.07 Å². The zero-order valence-electron chi connectivity index (χ0n) is 11.2. The van der Waals surface area contributed by atoms with Gasteiger partial charge >= 0.3 is 6.03 Å². The Kier molecular flexibility index (Phi) is 4.84. The molecular weight excluding hydrogens is 304 g/mol. The van der Waals surface area contributed by atoms with Crippen LogP contribution in [0.25, 0.3) is 0 Å². The van der Waals surface area contributed by atoms with E-state index < -0.39 is 28.4 Å². The van der Waals surface area contributed by atoms with E-state index in [-0.39, 0.29) is 11.7 Å². The second-order valence-electron chi connectivity index (χ2n) is 5.18. The van der Waals surface area contributed by atoms with Crippen LogP contribution in [0.1, 0.15) is 25.7 Å². The average molecular weight is 320 g/mol. The van der Waals surface area contributed by atoms with Crippen molar-refractivity contribution in [1.29, 1.82) is 0 Å². The summed E-state index contributed by atoms with van der Waals surface area (Å²) in [6.07, 6.45) is 4.51. The Labute approximate surface area is 125 Å². The van der Waals surface area contributed by atoms with Crippen LogP contribution in [0.2, 0.25) is 5.02 Å². The summed E-state index contributed by atoms with van der Waals surface area (Å²) in [6.45, 7) is 0. The summed E-state index contributed by atoms with van der Waals surface area (Å²) in [5.74, 6) is -4.12. The molecule has 1 aromatic rings. The quantitative estimate of drug-likeness (QED) is 0.718. The summed E-state index contributed by atoms with van der Waals surface area (Å²) in [6, 6.07) is 1.02. The summed E-state index contributed by atoms with van der Waals surface area (Å²) >= 11 is 5.48. The number of anilines is 1. The lowest BCUT2D eigenvalue weighted by atomic mass is 10.2. The number of nitrogens with one attached hydrogen (secondary N) is 2. The number of benzene rings is 1. The molecule has 0 bridgehead atoms. The summed E-state index contributed by atoms with van der Waals surface area (Å²) in [4.78, 5) is 11.3. The van der Waals surface area contributed by atoms with E-state index >= 15 is 0 Å². The maximum Gasteiger partial charge on any atom is 0.319 e. The molecule has 116 valence electrons. The number of carbonyl (C=O) groups is 1. The Morgan fingerprint density at radius 3 is 2.38 bits per heavy atom. The van der Waals surface area contributed by atoms with Crippen molar-refractivity contribution in [2.75, 3.05) is 5.32 Å². The van der Waals surface area contributed by atoms with Crippen molar-refractivity contribution >= 4 is 23.3 Å². The van der Waals surface area contributed by atoms with Gasteiger partial charge in [-0.15, -0.1) is 0 Å². The largest absolute Gasteiger partial charge is 0.868 e. The number of quaternary nitrogens is 1. The van der Waals surface area contributed by atoms with Crippen LogP contribution < -0.4 is 21.5 Å². The smallest absolute Gasteiger partial charge is 0.319 e. The van der Waals surface area contributed by atoms with Crippen molar-refractivity contribution in [2.45, 2.75) is 37.8 Å². The monoisotopic (exact) mass is 319 g/mol. The van der Waals surface area contributed by atoms with Gasteiger partial charge in [0.05, 0.1) is 16.8 Å². The maximum atomic E-state index is 13.1. The minimum Gasteiger partial charge on any atom is -0.868 e. The highest BCUT2D eigenvalue weighted by Crippen LogP contribution is 2.32. The van der Waals surface area contributed by atoms with Gasteiger partial charge in [0, 0.05) is 18.9 Å². The SMILES string of the molecule is O=C(Nc1cc(F)c([O-])c(F)c1Cl)NC1CC1.[NH3+]C1CC1. The van der Waals surface area contributed by atoms with Crippen molar-refractivity contribution in [2.24, 2.45) is 0 Å². The van der Waals surface area contributed by atoms with Crippen molar-refractivity contribution in [3.63, 3.8) is 0 Å². The van der Waals surface area contributed by atoms with Gasteiger partial charge in [0.2, 0.25) is 0 Å². The van der Waals surface area contributed by atoms with Crippen molar-refractivity contribution in [3.8, 4) is 5.75 Å². The van der Waals surface area contributed by atoms with Gasteiger partial charge in [0.25, 0.3) is 0 Å². The molecule has 0 spiro atoms. The van der Waals surface area contributed by atoms with Crippen molar-refractivity contribution in [1.82, 2.24) is 5.32 Å². The first-order valence-corrected chi connectivity index (χ1v) is 7.01. The van der Waals surface area contributed by atoms with Gasteiger partial charge in [-0.1, -0.05) is 11.6 Å². The number of hydrogen-bond donors (Lipinski definition) is 3. The van der Waals surface area contributed by atoms with E-state index in [1.165, 1.54) is 12.8 Å². The second kappa shape index (κ2) is 6.44. The minimum atomic E-state index is -1.41. The molecule has 0 atom stereocenters. The fourth-order valence-corrected chi connectivity index (χ4v) is 1.55. The van der Waals surface area contributed by atoms with E-state index in [1.54, 1.807) is 0 Å². The van der Waals surface area contributed by atoms with Crippen LogP contribution >= 0.6 is 11.6 Å². The molecule has 0 aliphatic heterocycles. The lowest BCUT2D eigenvalue weighted by Gasteiger charge is -2.14. The first kappa shape index (κ1) is 15.8. The van der Waals surface area contributed by atoms with E-state index in [9.17, 15) is 18.7 Å². The van der Waals surface area contributed by atoms with Crippen LogP contribution in [0.3, 0.4) is 0 Å². The molecule has 2 amide bonds. The molecule has 2 aliphatic carbocycles. The Bertz CT molecular complexity index is 549. The Hall–Kier alpha value is -1.60. The number of amides is 2. The summed E-state index contributed by atoms with van der Waals surface area (Å²) in [7, 11) is 0. The number of hydrogen-bond acceptors (Lipinski definition) is 2. The fraction of sp³-hybridized carbons (Fsp3) is 0.462. The second-order valence-corrected chi connectivity index (χ2v) is 5.56. The van der Waals surface area contributed by atoms with Crippen LogP contribution in [0.4, 0.5) is 19.3 Å². The van der Waals surface area contributed by atoms with E-state index in [0.717, 1.165) is 18.9 Å². The zero-order chi connectivity index (χ0) is 15.6. The highest BCUT2D eigenvalue weighted by Gasteiger charge is 2.24. The Balaban J connectivity index is 0.000000347. The number of urea groups is 1. The molecule has 8 heteroatoms. The van der Waals surface area contributed by atoms with Crippen LogP contribution in [-0.4, -0.2) is 18.1 Å². The first-order chi connectivity index (χ1) is 9.88. The molecule has 0 aromatic heterocycles. The highest BCUT2D eigenvalue weighted by atomic mass is 35.5. The molecule has 0 heterocycles. The van der Waals surface area contributed by atoms with Gasteiger partial charge in [-0.3, -0.25) is 0 Å². The Morgan fingerprint density at radius 1 is 1.33 bits per heavy atom. The molecule has 1 aromatic carbocycles. The number of rotatable bonds is 2. The average Bonchev–Trinajstić information content (AvgIpc) is 3.33. The molecular formula is C13H16ClF2N3O2. The van der Waals surface area contributed by atoms with Crippen molar-refractivity contribution < 1.29 is 24.4 Å². The summed E-state index contributed by atoms with van der Waals surface area (Å²) < 4.78 is 26.1. The molecule has 0 radical (unpaired) electrons. The molecule has 0 saturated heterocycles. The third kappa shape index (κ3) is 4.71. The van der Waals surface area contributed by atoms with Gasteiger partial charge < -0.3 is 21.5 Å². The Morgan fingerprint density at radius 2 is 1.90 bits per heavy atom. The van der Waals surface area contributed by atoms with Crippen LogP contribution in [-0.2, 0) is 0 Å². The van der Waals surface area contributed by atoms with E-state index in [2.05, 4.69) is 16.4 Å². The van der Waals surface area contributed by atoms with Gasteiger partial charge in [-0.2, -0.15) is 0 Å². The van der Waals surface area contributed by atoms with E-state index in [1.807, 2.05) is 0 Å². The van der Waals surface area contributed by atoms with Gasteiger partial charge in [-0.05, 0) is 24.7 Å². The predicted octanol–water partition coefficient (Wildman–Crippen LogP) is 1.37. The van der Waals surface area contributed by atoms with E-state index in [4.69, 9.17) is 11.6 Å². The molecule has 2 aliphatic rings. The fourth-order valence-electron chi connectivity index (χ4n) is 1.36. The van der Waals surface area contributed by atoms with Gasteiger partial charge in [-0.25, -0.2) is 13.6 Å². The van der Waals surface area contributed by atoms with Gasteiger partial charge in [0.15, 0.2) is 0 Å². The standard InChI is InChI=1S/C10H9ClF2N2O2.C3H7N/c11-7-6(3-5(12)9(16)8(7)13)15-10(17)14-4-1-2-4;4-3-1-2-3/h3-4,16H,1-2H2,(H2,14,15,17);3H,1-2,4H2. The third-order valence-corrected chi connectivity index (χ3v) is 3.34.